The molecule has 8 nitrogen and oxygen atoms in total. The molecule has 1 aliphatic heterocycles. The van der Waals surface area contributed by atoms with E-state index in [0.29, 0.717) is 48.8 Å². The lowest BCUT2D eigenvalue weighted by Crippen LogP contribution is -2.39. The Hall–Kier alpha value is -4.67. The van der Waals surface area contributed by atoms with Crippen molar-refractivity contribution in [1.29, 1.82) is 0 Å². The second kappa shape index (κ2) is 13.3. The number of alkyl halides is 3. The van der Waals surface area contributed by atoms with Crippen molar-refractivity contribution in [3.63, 3.8) is 0 Å². The molecule has 2 amide bonds. The van der Waals surface area contributed by atoms with Crippen LogP contribution in [-0.2, 0) is 12.7 Å². The Bertz CT molecular complexity index is 1640. The Morgan fingerprint density at radius 1 is 1.02 bits per heavy atom. The minimum atomic E-state index is -4.41. The topological polar surface area (TPSA) is 88.8 Å². The van der Waals surface area contributed by atoms with Crippen LogP contribution in [0.5, 0.6) is 11.5 Å². The summed E-state index contributed by atoms with van der Waals surface area (Å²) in [6.45, 7) is 4.44. The molecule has 0 atom stereocenters. The molecule has 0 bridgehead atoms. The first-order chi connectivity index (χ1) is 21.1. The number of carbonyl (C=O) groups is 2. The molecule has 4 aromatic rings. The van der Waals surface area contributed by atoms with Gasteiger partial charge in [0.2, 0.25) is 0 Å². The molecule has 0 saturated carbocycles. The molecular formula is C33H34F3N5O3. The van der Waals surface area contributed by atoms with Crippen molar-refractivity contribution >= 4 is 28.9 Å². The molecule has 1 fully saturated rings. The Morgan fingerprint density at radius 2 is 1.68 bits per heavy atom. The summed E-state index contributed by atoms with van der Waals surface area (Å²) in [6.07, 6.45) is 1.72. The number of likely N-dealkylation sites (tertiary alicyclic amines) is 1. The number of carbonyl (C=O) groups excluding carboxylic acids is 2. The zero-order valence-electron chi connectivity index (χ0n) is 24.6. The molecule has 1 saturated heterocycles. The number of aromatic nitrogens is 2. The van der Waals surface area contributed by atoms with Gasteiger partial charge in [0.25, 0.3) is 11.8 Å². The van der Waals surface area contributed by atoms with Crippen LogP contribution in [0.25, 0.3) is 10.9 Å². The van der Waals surface area contributed by atoms with Crippen LogP contribution in [0.3, 0.4) is 0 Å². The minimum Gasteiger partial charge on any atom is -0.457 e. The van der Waals surface area contributed by atoms with Crippen molar-refractivity contribution in [3.05, 3.63) is 89.1 Å². The molecule has 230 valence electrons. The zero-order chi connectivity index (χ0) is 31.3. The molecule has 1 aliphatic rings. The van der Waals surface area contributed by atoms with Crippen molar-refractivity contribution in [3.8, 4) is 11.5 Å². The number of hydrogen-bond acceptors (Lipinski definition) is 5. The number of piperidine rings is 1. The molecule has 44 heavy (non-hydrogen) atoms. The van der Waals surface area contributed by atoms with E-state index < -0.39 is 11.7 Å². The van der Waals surface area contributed by atoms with Crippen LogP contribution < -0.4 is 10.1 Å². The van der Waals surface area contributed by atoms with Crippen molar-refractivity contribution in [2.45, 2.75) is 38.9 Å². The summed E-state index contributed by atoms with van der Waals surface area (Å²) in [4.78, 5) is 31.6. The minimum absolute atomic E-state index is 0.0715. The average Bonchev–Trinajstić information content (AvgIpc) is 3.43. The summed E-state index contributed by atoms with van der Waals surface area (Å²) < 4.78 is 45.9. The van der Waals surface area contributed by atoms with Gasteiger partial charge in [0.1, 0.15) is 11.5 Å². The number of nitrogens with zero attached hydrogens (tertiary/aromatic N) is 4. The van der Waals surface area contributed by atoms with E-state index in [1.54, 1.807) is 37.5 Å². The normalized spacial score (nSPS) is 14.3. The maximum absolute atomic E-state index is 13.1. The van der Waals surface area contributed by atoms with Crippen LogP contribution in [0.4, 0.5) is 13.2 Å². The highest BCUT2D eigenvalue weighted by molar-refractivity contribution is 6.00. The van der Waals surface area contributed by atoms with E-state index in [4.69, 9.17) is 9.84 Å². The Morgan fingerprint density at radius 3 is 2.32 bits per heavy atom. The maximum atomic E-state index is 13.1. The third kappa shape index (κ3) is 7.27. The van der Waals surface area contributed by atoms with E-state index in [2.05, 4.69) is 10.3 Å². The van der Waals surface area contributed by atoms with Crippen LogP contribution in [0, 0.1) is 12.8 Å². The lowest BCUT2D eigenvalue weighted by Gasteiger charge is -2.32. The van der Waals surface area contributed by atoms with E-state index in [1.807, 2.05) is 34.8 Å². The Balaban J connectivity index is 1.13. The third-order valence-electron chi connectivity index (χ3n) is 7.86. The first-order valence-electron chi connectivity index (χ1n) is 14.5. The number of aliphatic imine (C=N–C) groups is 1. The van der Waals surface area contributed by atoms with Gasteiger partial charge in [0.05, 0.1) is 11.1 Å². The smallest absolute Gasteiger partial charge is 0.416 e. The number of amides is 2. The van der Waals surface area contributed by atoms with E-state index >= 15 is 0 Å². The molecule has 1 N–H and O–H groups in total. The second-order valence-corrected chi connectivity index (χ2v) is 10.9. The van der Waals surface area contributed by atoms with Crippen molar-refractivity contribution < 1.29 is 27.5 Å². The molecule has 1 aromatic heterocycles. The highest BCUT2D eigenvalue weighted by Crippen LogP contribution is 2.32. The Kier molecular flexibility index (Phi) is 9.32. The van der Waals surface area contributed by atoms with E-state index in [0.717, 1.165) is 48.0 Å². The van der Waals surface area contributed by atoms with Gasteiger partial charge in [0.15, 0.2) is 0 Å². The van der Waals surface area contributed by atoms with Crippen molar-refractivity contribution in [2.75, 3.05) is 26.7 Å². The number of rotatable bonds is 9. The van der Waals surface area contributed by atoms with Crippen molar-refractivity contribution in [1.82, 2.24) is 20.0 Å². The van der Waals surface area contributed by atoms with Crippen LogP contribution in [0.15, 0.2) is 71.9 Å². The molecule has 3 aromatic carbocycles. The predicted octanol–water partition coefficient (Wildman–Crippen LogP) is 6.53. The molecule has 0 radical (unpaired) electrons. The molecular weight excluding hydrogens is 571 g/mol. The SMILES string of the molecule is C/N=C/CCNC(=O)c1ccc2nn(CC3CCN(C(=O)c4ccc(Oc5ccc(C(F)(F)F)cc5)cc4)CC3)cc2c1C. The molecule has 0 aliphatic carbocycles. The van der Waals surface area contributed by atoms with Gasteiger partial charge in [-0.15, -0.1) is 0 Å². The maximum Gasteiger partial charge on any atom is 0.416 e. The first-order valence-corrected chi connectivity index (χ1v) is 14.5. The fourth-order valence-electron chi connectivity index (χ4n) is 5.37. The first kappa shape index (κ1) is 30.8. The largest absolute Gasteiger partial charge is 0.457 e. The highest BCUT2D eigenvalue weighted by Gasteiger charge is 2.30. The number of benzene rings is 3. The van der Waals surface area contributed by atoms with Crippen LogP contribution in [-0.4, -0.2) is 59.4 Å². The lowest BCUT2D eigenvalue weighted by atomic mass is 9.96. The fourth-order valence-corrected chi connectivity index (χ4v) is 5.37. The lowest BCUT2D eigenvalue weighted by molar-refractivity contribution is -0.137. The predicted molar refractivity (Wildman–Crippen MR) is 162 cm³/mol. The second-order valence-electron chi connectivity index (χ2n) is 10.9. The van der Waals surface area contributed by atoms with Gasteiger partial charge in [-0.3, -0.25) is 14.3 Å². The number of hydrogen-bond donors (Lipinski definition) is 1. The number of aryl methyl sites for hydroxylation is 1. The quantitative estimate of drug-likeness (QED) is 0.174. The molecule has 0 spiro atoms. The van der Waals surface area contributed by atoms with Gasteiger partial charge in [-0.05, 0) is 98.3 Å². The molecule has 11 heteroatoms. The summed E-state index contributed by atoms with van der Waals surface area (Å²) in [5.74, 6) is 0.879. The van der Waals surface area contributed by atoms with Gasteiger partial charge < -0.3 is 19.9 Å². The summed E-state index contributed by atoms with van der Waals surface area (Å²) in [7, 11) is 1.71. The van der Waals surface area contributed by atoms with Gasteiger partial charge in [-0.1, -0.05) is 0 Å². The van der Waals surface area contributed by atoms with Gasteiger partial charge >= 0.3 is 6.18 Å². The number of fused-ring (bicyclic) bond motifs is 1. The number of nitrogens with one attached hydrogen (secondary N) is 1. The summed E-state index contributed by atoms with van der Waals surface area (Å²) in [5.41, 5.74) is 2.15. The third-order valence-corrected chi connectivity index (χ3v) is 7.86. The molecule has 5 rings (SSSR count). The van der Waals surface area contributed by atoms with Crippen molar-refractivity contribution in [2.24, 2.45) is 10.9 Å². The summed E-state index contributed by atoms with van der Waals surface area (Å²) in [5, 5.41) is 8.61. The van der Waals surface area contributed by atoms with E-state index in [9.17, 15) is 22.8 Å². The van der Waals surface area contributed by atoms with Crippen LogP contribution >= 0.6 is 0 Å². The standard InChI is InChI=1S/C33H34F3N5O3/c1-22-28(31(42)38-17-3-16-37-2)12-13-30-29(22)21-41(39-30)20-23-14-18-40(19-15-23)32(43)24-4-8-26(9-5-24)44-27-10-6-25(7-11-27)33(34,35)36/h4-13,16,21,23H,3,14-15,17-20H2,1-2H3,(H,38,42)/b37-16+. The van der Waals surface area contributed by atoms with Gasteiger partial charge in [0, 0.05) is 62.2 Å². The summed E-state index contributed by atoms with van der Waals surface area (Å²) in [6, 6.07) is 14.8. The molecule has 2 heterocycles. The number of halogens is 3. The Labute approximate surface area is 253 Å². The average molecular weight is 606 g/mol. The summed E-state index contributed by atoms with van der Waals surface area (Å²) >= 11 is 0. The zero-order valence-corrected chi connectivity index (χ0v) is 24.6. The monoisotopic (exact) mass is 605 g/mol. The van der Waals surface area contributed by atoms with Crippen LogP contribution in [0.1, 0.15) is 51.1 Å². The van der Waals surface area contributed by atoms with Gasteiger partial charge in [-0.2, -0.15) is 18.3 Å². The van der Waals surface area contributed by atoms with E-state index in [1.165, 1.54) is 12.1 Å². The van der Waals surface area contributed by atoms with Crippen LogP contribution in [0.2, 0.25) is 0 Å². The fraction of sp³-hybridized carbons (Fsp3) is 0.333. The highest BCUT2D eigenvalue weighted by atomic mass is 19.4. The molecule has 0 unspecified atom stereocenters. The number of ether oxygens (including phenoxy) is 1. The van der Waals surface area contributed by atoms with Gasteiger partial charge in [-0.25, -0.2) is 0 Å². The van der Waals surface area contributed by atoms with E-state index in [-0.39, 0.29) is 17.6 Å².